The van der Waals surface area contributed by atoms with Crippen molar-refractivity contribution in [3.8, 4) is 11.5 Å². The minimum absolute atomic E-state index is 0.433. The predicted molar refractivity (Wildman–Crippen MR) is 73.6 cm³/mol. The summed E-state index contributed by atoms with van der Waals surface area (Å²) in [7, 11) is 0. The Balaban J connectivity index is 1.93. The highest BCUT2D eigenvalue weighted by atomic mass is 35.5. The number of aromatic nitrogens is 4. The van der Waals surface area contributed by atoms with Gasteiger partial charge in [-0.3, -0.25) is 0 Å². The van der Waals surface area contributed by atoms with Gasteiger partial charge in [-0.05, 0) is 19.1 Å². The molecule has 0 saturated heterocycles. The lowest BCUT2D eigenvalue weighted by Crippen LogP contribution is -1.79. The molecule has 4 aromatic heterocycles. The molecule has 0 unspecified atom stereocenters. The fourth-order valence-electron chi connectivity index (χ4n) is 1.97. The fourth-order valence-corrected chi connectivity index (χ4v) is 2.90. The number of pyridine rings is 1. The zero-order valence-corrected chi connectivity index (χ0v) is 11.4. The van der Waals surface area contributed by atoms with E-state index in [0.717, 1.165) is 21.0 Å². The molecule has 4 aromatic rings. The third-order valence-corrected chi connectivity index (χ3v) is 3.93. The highest BCUT2D eigenvalue weighted by molar-refractivity contribution is 7.16. The molecule has 0 amide bonds. The zero-order valence-electron chi connectivity index (χ0n) is 9.79. The SMILES string of the molecule is Cc1nn2cc(-c3cc4c(Cl)nccc4o3)nc2s1. The van der Waals surface area contributed by atoms with Gasteiger partial charge in [-0.1, -0.05) is 22.9 Å². The maximum absolute atomic E-state index is 6.03. The van der Waals surface area contributed by atoms with Crippen LogP contribution in [-0.4, -0.2) is 19.6 Å². The van der Waals surface area contributed by atoms with Crippen LogP contribution < -0.4 is 0 Å². The quantitative estimate of drug-likeness (QED) is 0.503. The van der Waals surface area contributed by atoms with Crippen molar-refractivity contribution in [3.05, 3.63) is 34.7 Å². The molecule has 0 atom stereocenters. The van der Waals surface area contributed by atoms with Gasteiger partial charge < -0.3 is 4.42 Å². The lowest BCUT2D eigenvalue weighted by molar-refractivity contribution is 0.629. The smallest absolute Gasteiger partial charge is 0.212 e. The Bertz CT molecular complexity index is 876. The van der Waals surface area contributed by atoms with E-state index in [4.69, 9.17) is 16.0 Å². The molecular formula is C12H7ClN4OS. The molecule has 94 valence electrons. The molecule has 0 radical (unpaired) electrons. The van der Waals surface area contributed by atoms with Gasteiger partial charge in [-0.15, -0.1) is 0 Å². The molecule has 7 heteroatoms. The number of rotatable bonds is 1. The number of nitrogens with zero attached hydrogens (tertiary/aromatic N) is 4. The Labute approximate surface area is 116 Å². The fraction of sp³-hybridized carbons (Fsp3) is 0.0833. The molecule has 0 N–H and O–H groups in total. The van der Waals surface area contributed by atoms with Gasteiger partial charge >= 0.3 is 0 Å². The van der Waals surface area contributed by atoms with Crippen LogP contribution in [0.3, 0.4) is 0 Å². The van der Waals surface area contributed by atoms with Gasteiger partial charge in [0.25, 0.3) is 0 Å². The lowest BCUT2D eigenvalue weighted by Gasteiger charge is -1.88. The second kappa shape index (κ2) is 3.79. The predicted octanol–water partition coefficient (Wildman–Crippen LogP) is 3.56. The maximum Gasteiger partial charge on any atom is 0.212 e. The number of imidazole rings is 1. The van der Waals surface area contributed by atoms with Crippen molar-refractivity contribution in [2.75, 3.05) is 0 Å². The van der Waals surface area contributed by atoms with Crippen LogP contribution in [0.25, 0.3) is 27.4 Å². The summed E-state index contributed by atoms with van der Waals surface area (Å²) < 4.78 is 7.49. The average molecular weight is 291 g/mol. The van der Waals surface area contributed by atoms with Gasteiger partial charge in [0, 0.05) is 6.20 Å². The van der Waals surface area contributed by atoms with Crippen molar-refractivity contribution in [3.63, 3.8) is 0 Å². The van der Waals surface area contributed by atoms with Crippen LogP contribution in [0.15, 0.2) is 28.9 Å². The second-order valence-corrected chi connectivity index (χ2v) is 5.62. The lowest BCUT2D eigenvalue weighted by atomic mass is 10.3. The maximum atomic E-state index is 6.03. The third kappa shape index (κ3) is 1.64. The van der Waals surface area contributed by atoms with Gasteiger partial charge in [0.05, 0.1) is 11.6 Å². The molecular weight excluding hydrogens is 284 g/mol. The van der Waals surface area contributed by atoms with Crippen LogP contribution in [0.5, 0.6) is 0 Å². The Kier molecular flexibility index (Phi) is 2.18. The molecule has 0 aliphatic heterocycles. The van der Waals surface area contributed by atoms with Crippen molar-refractivity contribution in [2.24, 2.45) is 0 Å². The van der Waals surface area contributed by atoms with Crippen LogP contribution in [0.1, 0.15) is 5.01 Å². The van der Waals surface area contributed by atoms with Gasteiger partial charge in [-0.25, -0.2) is 14.5 Å². The van der Waals surface area contributed by atoms with Crippen LogP contribution in [0.2, 0.25) is 5.15 Å². The van der Waals surface area contributed by atoms with E-state index in [1.54, 1.807) is 16.8 Å². The Hall–Kier alpha value is -1.92. The summed E-state index contributed by atoms with van der Waals surface area (Å²) in [6.45, 7) is 1.95. The molecule has 0 aliphatic carbocycles. The first-order valence-electron chi connectivity index (χ1n) is 5.58. The van der Waals surface area contributed by atoms with Crippen LogP contribution in [-0.2, 0) is 0 Å². The average Bonchev–Trinajstić information content (AvgIpc) is 3.00. The van der Waals surface area contributed by atoms with E-state index in [-0.39, 0.29) is 0 Å². The molecule has 0 fully saturated rings. The molecule has 4 heterocycles. The van der Waals surface area contributed by atoms with E-state index < -0.39 is 0 Å². The largest absolute Gasteiger partial charge is 0.454 e. The van der Waals surface area contributed by atoms with E-state index in [1.165, 1.54) is 11.3 Å². The number of hydrogen-bond acceptors (Lipinski definition) is 5. The number of hydrogen-bond donors (Lipinski definition) is 0. The van der Waals surface area contributed by atoms with Crippen LogP contribution in [0, 0.1) is 6.92 Å². The molecule has 0 aromatic carbocycles. The molecule has 0 aliphatic rings. The van der Waals surface area contributed by atoms with Crippen molar-refractivity contribution < 1.29 is 4.42 Å². The minimum Gasteiger partial charge on any atom is -0.454 e. The minimum atomic E-state index is 0.433. The molecule has 4 rings (SSSR count). The first kappa shape index (κ1) is 11.0. The van der Waals surface area contributed by atoms with Gasteiger partial charge in [0.15, 0.2) is 5.76 Å². The van der Waals surface area contributed by atoms with Crippen molar-refractivity contribution in [1.82, 2.24) is 19.6 Å². The van der Waals surface area contributed by atoms with Crippen LogP contribution >= 0.6 is 22.9 Å². The summed E-state index contributed by atoms with van der Waals surface area (Å²) in [6, 6.07) is 3.63. The highest BCUT2D eigenvalue weighted by Gasteiger charge is 2.13. The number of halogens is 1. The summed E-state index contributed by atoms with van der Waals surface area (Å²) in [5.74, 6) is 0.667. The highest BCUT2D eigenvalue weighted by Crippen LogP contribution is 2.31. The normalized spacial score (nSPS) is 11.7. The van der Waals surface area contributed by atoms with E-state index in [2.05, 4.69) is 15.1 Å². The van der Waals surface area contributed by atoms with E-state index in [0.29, 0.717) is 16.5 Å². The topological polar surface area (TPSA) is 56.2 Å². The first-order valence-corrected chi connectivity index (χ1v) is 6.77. The summed E-state index contributed by atoms with van der Waals surface area (Å²) in [5, 5.41) is 6.53. The Morgan fingerprint density at radius 2 is 2.32 bits per heavy atom. The first-order chi connectivity index (χ1) is 9.20. The summed E-state index contributed by atoms with van der Waals surface area (Å²) in [6.07, 6.45) is 3.46. The summed E-state index contributed by atoms with van der Waals surface area (Å²) in [4.78, 5) is 9.36. The molecule has 0 bridgehead atoms. The van der Waals surface area contributed by atoms with E-state index in [9.17, 15) is 0 Å². The summed E-state index contributed by atoms with van der Waals surface area (Å²) in [5.41, 5.74) is 1.45. The number of fused-ring (bicyclic) bond motifs is 2. The van der Waals surface area contributed by atoms with Gasteiger partial charge in [-0.2, -0.15) is 5.10 Å². The number of furan rings is 1. The van der Waals surface area contributed by atoms with E-state index >= 15 is 0 Å². The van der Waals surface area contributed by atoms with E-state index in [1.807, 2.05) is 19.2 Å². The monoisotopic (exact) mass is 290 g/mol. The van der Waals surface area contributed by atoms with Crippen molar-refractivity contribution >= 4 is 38.9 Å². The second-order valence-electron chi connectivity index (χ2n) is 4.10. The molecule has 5 nitrogen and oxygen atoms in total. The standard InChI is InChI=1S/C12H7ClN4OS/c1-6-16-17-5-8(15-12(17)19-6)10-4-7-9(18-10)2-3-14-11(7)13/h2-5H,1H3. The van der Waals surface area contributed by atoms with Gasteiger partial charge in [0.1, 0.15) is 21.4 Å². The Morgan fingerprint density at radius 3 is 3.11 bits per heavy atom. The summed E-state index contributed by atoms with van der Waals surface area (Å²) >= 11 is 7.57. The van der Waals surface area contributed by atoms with Crippen LogP contribution in [0.4, 0.5) is 0 Å². The molecule has 19 heavy (non-hydrogen) atoms. The molecule has 0 spiro atoms. The number of aryl methyl sites for hydroxylation is 1. The molecule has 0 saturated carbocycles. The van der Waals surface area contributed by atoms with Crippen molar-refractivity contribution in [1.29, 1.82) is 0 Å². The van der Waals surface area contributed by atoms with Gasteiger partial charge in [0.2, 0.25) is 4.96 Å². The van der Waals surface area contributed by atoms with Crippen molar-refractivity contribution in [2.45, 2.75) is 6.92 Å². The Morgan fingerprint density at radius 1 is 1.42 bits per heavy atom. The third-order valence-electron chi connectivity index (χ3n) is 2.79. The zero-order chi connectivity index (χ0) is 13.0.